The maximum atomic E-state index is 11.3. The van der Waals surface area contributed by atoms with E-state index in [1.165, 1.54) is 38.5 Å². The van der Waals surface area contributed by atoms with Crippen LogP contribution >= 0.6 is 0 Å². The molecule has 1 N–H and O–H groups in total. The van der Waals surface area contributed by atoms with Crippen LogP contribution < -0.4 is 10.5 Å². The van der Waals surface area contributed by atoms with Crippen molar-refractivity contribution in [2.75, 3.05) is 18.0 Å². The Kier molecular flexibility index (Phi) is 5.19. The van der Waals surface area contributed by atoms with Gasteiger partial charge in [-0.15, -0.1) is 0 Å². The molecule has 0 aromatic carbocycles. The number of aromatic amines is 1. The second kappa shape index (κ2) is 7.12. The number of unbranched alkanes of at least 4 members (excludes halogenated alkanes) is 5. The van der Waals surface area contributed by atoms with Crippen molar-refractivity contribution in [3.63, 3.8) is 0 Å². The Bertz CT molecular complexity index is 479. The molecule has 0 radical (unpaired) electrons. The van der Waals surface area contributed by atoms with Crippen LogP contribution in [0.5, 0.6) is 0 Å². The third-order valence-corrected chi connectivity index (χ3v) is 3.52. The molecule has 4 nitrogen and oxygen atoms in total. The number of hydrogen-bond acceptors (Lipinski definition) is 3. The summed E-state index contributed by atoms with van der Waals surface area (Å²) in [7, 11) is 0. The number of aliphatic imine (C=N–C) groups is 1. The molecule has 0 amide bonds. The molecule has 1 aliphatic heterocycles. The van der Waals surface area contributed by atoms with Crippen molar-refractivity contribution in [3.8, 4) is 0 Å². The van der Waals surface area contributed by atoms with Crippen molar-refractivity contribution >= 4 is 17.7 Å². The van der Waals surface area contributed by atoms with Gasteiger partial charge in [-0.2, -0.15) is 0 Å². The van der Waals surface area contributed by atoms with Gasteiger partial charge < -0.3 is 9.88 Å². The molecule has 0 atom stereocenters. The number of nitrogens with zero attached hydrogens (tertiary/aromatic N) is 2. The molecule has 0 bridgehead atoms. The smallest absolute Gasteiger partial charge is 0.249 e. The molecule has 2 heterocycles. The molecular weight excluding hydrogens is 238 g/mol. The van der Waals surface area contributed by atoms with Crippen molar-refractivity contribution in [2.45, 2.75) is 45.4 Å². The van der Waals surface area contributed by atoms with E-state index < -0.39 is 0 Å². The van der Waals surface area contributed by atoms with E-state index in [9.17, 15) is 4.79 Å². The first-order valence-corrected chi connectivity index (χ1v) is 7.32. The van der Waals surface area contributed by atoms with Gasteiger partial charge in [0.1, 0.15) is 0 Å². The quantitative estimate of drug-likeness (QED) is 0.766. The number of hydrogen-bond donors (Lipinski definition) is 1. The third-order valence-electron chi connectivity index (χ3n) is 3.52. The monoisotopic (exact) mass is 261 g/mol. The molecule has 1 aromatic rings. The molecule has 19 heavy (non-hydrogen) atoms. The fourth-order valence-electron chi connectivity index (χ4n) is 2.43. The number of nitrogens with one attached hydrogen (secondary N) is 1. The van der Waals surface area contributed by atoms with Crippen LogP contribution in [-0.4, -0.2) is 24.3 Å². The molecule has 0 fully saturated rings. The predicted molar refractivity (Wildman–Crippen MR) is 80.8 cm³/mol. The fraction of sp³-hybridized carbons (Fsp3) is 0.600. The van der Waals surface area contributed by atoms with E-state index in [2.05, 4.69) is 21.8 Å². The normalized spacial score (nSPS) is 13.6. The Balaban J connectivity index is 1.83. The van der Waals surface area contributed by atoms with Crippen molar-refractivity contribution < 1.29 is 0 Å². The van der Waals surface area contributed by atoms with Crippen LogP contribution in [0.4, 0.5) is 11.5 Å². The van der Waals surface area contributed by atoms with Gasteiger partial charge in [0.15, 0.2) is 5.82 Å². The summed E-state index contributed by atoms with van der Waals surface area (Å²) in [4.78, 5) is 20.6. The Hall–Kier alpha value is -1.58. The van der Waals surface area contributed by atoms with Crippen LogP contribution in [0.2, 0.25) is 0 Å². The maximum Gasteiger partial charge on any atom is 0.249 e. The van der Waals surface area contributed by atoms with E-state index in [1.54, 1.807) is 6.07 Å². The number of fused-ring (bicyclic) bond motifs is 1. The SMILES string of the molecule is CCCCCCCCN1CC=Nc2[nH]c(=O)ccc21. The molecule has 1 aliphatic rings. The van der Waals surface area contributed by atoms with Gasteiger partial charge in [-0.05, 0) is 12.5 Å². The second-order valence-electron chi connectivity index (χ2n) is 5.08. The van der Waals surface area contributed by atoms with Gasteiger partial charge in [0.05, 0.1) is 12.2 Å². The van der Waals surface area contributed by atoms with Crippen LogP contribution in [0.1, 0.15) is 45.4 Å². The first-order valence-electron chi connectivity index (χ1n) is 7.32. The highest BCUT2D eigenvalue weighted by atomic mass is 16.1. The topological polar surface area (TPSA) is 48.5 Å². The van der Waals surface area contributed by atoms with E-state index in [0.717, 1.165) is 18.8 Å². The summed E-state index contributed by atoms with van der Waals surface area (Å²) in [5, 5.41) is 0. The lowest BCUT2D eigenvalue weighted by atomic mass is 10.1. The minimum absolute atomic E-state index is 0.0858. The molecular formula is C15H23N3O. The lowest BCUT2D eigenvalue weighted by Gasteiger charge is -2.26. The van der Waals surface area contributed by atoms with Crippen LogP contribution in [0.25, 0.3) is 0 Å². The Morgan fingerprint density at radius 2 is 2.00 bits per heavy atom. The number of anilines is 1. The first-order chi connectivity index (χ1) is 9.31. The molecule has 0 spiro atoms. The van der Waals surface area contributed by atoms with Gasteiger partial charge >= 0.3 is 0 Å². The average Bonchev–Trinajstić information content (AvgIpc) is 2.42. The van der Waals surface area contributed by atoms with Crippen molar-refractivity contribution in [1.29, 1.82) is 0 Å². The van der Waals surface area contributed by atoms with Gasteiger partial charge in [0, 0.05) is 18.8 Å². The largest absolute Gasteiger partial charge is 0.363 e. The maximum absolute atomic E-state index is 11.3. The Morgan fingerprint density at radius 1 is 1.21 bits per heavy atom. The average molecular weight is 261 g/mol. The van der Waals surface area contributed by atoms with E-state index in [1.807, 2.05) is 12.3 Å². The summed E-state index contributed by atoms with van der Waals surface area (Å²) in [6.45, 7) is 4.12. The first kappa shape index (κ1) is 13.8. The standard InChI is InChI=1S/C15H23N3O/c1-2-3-4-5-6-7-11-18-12-10-16-15-13(18)8-9-14(19)17-15/h8-10H,2-7,11-12H2,1H3,(H,17,19). The predicted octanol–water partition coefficient (Wildman–Crippen LogP) is 3.26. The molecule has 0 saturated heterocycles. The summed E-state index contributed by atoms with van der Waals surface area (Å²) in [6.07, 6.45) is 9.68. The zero-order valence-electron chi connectivity index (χ0n) is 11.7. The highest BCUT2D eigenvalue weighted by Gasteiger charge is 2.13. The zero-order chi connectivity index (χ0) is 13.5. The van der Waals surface area contributed by atoms with Gasteiger partial charge in [-0.3, -0.25) is 4.79 Å². The number of H-pyrrole nitrogens is 1. The number of rotatable bonds is 7. The van der Waals surface area contributed by atoms with E-state index >= 15 is 0 Å². The lowest BCUT2D eigenvalue weighted by Crippen LogP contribution is -2.29. The summed E-state index contributed by atoms with van der Waals surface area (Å²) >= 11 is 0. The lowest BCUT2D eigenvalue weighted by molar-refractivity contribution is 0.604. The number of pyridine rings is 1. The van der Waals surface area contributed by atoms with E-state index in [4.69, 9.17) is 0 Å². The Morgan fingerprint density at radius 3 is 2.84 bits per heavy atom. The number of aromatic nitrogens is 1. The summed E-state index contributed by atoms with van der Waals surface area (Å²) < 4.78 is 0. The van der Waals surface area contributed by atoms with Crippen molar-refractivity contribution in [2.24, 2.45) is 4.99 Å². The molecule has 0 unspecified atom stereocenters. The van der Waals surface area contributed by atoms with Crippen LogP contribution in [0.15, 0.2) is 21.9 Å². The van der Waals surface area contributed by atoms with E-state index in [0.29, 0.717) is 5.82 Å². The van der Waals surface area contributed by atoms with Crippen molar-refractivity contribution in [3.05, 3.63) is 22.5 Å². The molecule has 2 rings (SSSR count). The van der Waals surface area contributed by atoms with Gasteiger partial charge in [0.25, 0.3) is 0 Å². The Labute approximate surface area is 114 Å². The van der Waals surface area contributed by atoms with Crippen molar-refractivity contribution in [1.82, 2.24) is 4.98 Å². The summed E-state index contributed by atoms with van der Waals surface area (Å²) in [5.41, 5.74) is 0.966. The molecule has 4 heteroatoms. The molecule has 1 aromatic heterocycles. The molecule has 0 saturated carbocycles. The molecule has 0 aliphatic carbocycles. The zero-order valence-corrected chi connectivity index (χ0v) is 11.7. The van der Waals surface area contributed by atoms with Gasteiger partial charge in [0.2, 0.25) is 5.56 Å². The van der Waals surface area contributed by atoms with Gasteiger partial charge in [-0.1, -0.05) is 39.0 Å². The summed E-state index contributed by atoms with van der Waals surface area (Å²) in [6, 6.07) is 3.45. The fourth-order valence-corrected chi connectivity index (χ4v) is 2.43. The minimum Gasteiger partial charge on any atom is -0.363 e. The third kappa shape index (κ3) is 3.94. The highest BCUT2D eigenvalue weighted by Crippen LogP contribution is 2.27. The van der Waals surface area contributed by atoms with Crippen LogP contribution in [0.3, 0.4) is 0 Å². The highest BCUT2D eigenvalue weighted by molar-refractivity contribution is 5.79. The van der Waals surface area contributed by atoms with Crippen LogP contribution in [-0.2, 0) is 0 Å². The molecule has 104 valence electrons. The van der Waals surface area contributed by atoms with E-state index in [-0.39, 0.29) is 5.56 Å². The van der Waals surface area contributed by atoms with Crippen LogP contribution in [0, 0.1) is 0 Å². The second-order valence-corrected chi connectivity index (χ2v) is 5.08. The van der Waals surface area contributed by atoms with Gasteiger partial charge in [-0.25, -0.2) is 4.99 Å². The summed E-state index contributed by atoms with van der Waals surface area (Å²) in [5.74, 6) is 0.699. The minimum atomic E-state index is -0.0858.